The molecule has 146 valence electrons. The van der Waals surface area contributed by atoms with E-state index in [4.69, 9.17) is 4.99 Å². The van der Waals surface area contributed by atoms with Crippen molar-refractivity contribution in [2.24, 2.45) is 23.9 Å². The van der Waals surface area contributed by atoms with Crippen molar-refractivity contribution in [1.29, 1.82) is 0 Å². The minimum atomic E-state index is 0. The van der Waals surface area contributed by atoms with Crippen LogP contribution in [0.3, 0.4) is 0 Å². The average Bonchev–Trinajstić information content (AvgIpc) is 3.36. The zero-order valence-corrected chi connectivity index (χ0v) is 18.3. The summed E-state index contributed by atoms with van der Waals surface area (Å²) < 4.78 is 1.79. The summed E-state index contributed by atoms with van der Waals surface area (Å²) in [5.74, 6) is 3.92. The van der Waals surface area contributed by atoms with Gasteiger partial charge in [0.15, 0.2) is 5.96 Å². The van der Waals surface area contributed by atoms with Crippen molar-refractivity contribution in [1.82, 2.24) is 29.9 Å². The van der Waals surface area contributed by atoms with E-state index < -0.39 is 0 Å². The Morgan fingerprint density at radius 2 is 2.04 bits per heavy atom. The van der Waals surface area contributed by atoms with Crippen LogP contribution in [-0.2, 0) is 13.6 Å². The maximum atomic E-state index is 4.79. The number of nitrogens with zero attached hydrogens (tertiary/aromatic N) is 6. The van der Waals surface area contributed by atoms with Crippen molar-refractivity contribution < 1.29 is 0 Å². The Morgan fingerprint density at radius 3 is 2.62 bits per heavy atom. The van der Waals surface area contributed by atoms with Gasteiger partial charge < -0.3 is 10.2 Å². The summed E-state index contributed by atoms with van der Waals surface area (Å²) in [6.45, 7) is 8.07. The van der Waals surface area contributed by atoms with Crippen LogP contribution in [0.2, 0.25) is 0 Å². The number of hydrogen-bond acceptors (Lipinski definition) is 4. The zero-order chi connectivity index (χ0) is 17.2. The molecular weight excluding hydrogens is 441 g/mol. The normalized spacial score (nSPS) is 29.1. The number of fused-ring (bicyclic) bond motifs is 2. The van der Waals surface area contributed by atoms with Gasteiger partial charge in [0, 0.05) is 45.8 Å². The Hall–Kier alpha value is -0.900. The number of hydrogen-bond donors (Lipinski definition) is 1. The van der Waals surface area contributed by atoms with Crippen LogP contribution in [0.4, 0.5) is 0 Å². The fourth-order valence-electron chi connectivity index (χ4n) is 4.96. The van der Waals surface area contributed by atoms with E-state index in [9.17, 15) is 0 Å². The Labute approximate surface area is 173 Å². The van der Waals surface area contributed by atoms with Gasteiger partial charge in [0.05, 0.1) is 0 Å². The highest BCUT2D eigenvalue weighted by molar-refractivity contribution is 14.0. The zero-order valence-electron chi connectivity index (χ0n) is 16.0. The molecule has 0 aromatic carbocycles. The third-order valence-electron chi connectivity index (χ3n) is 6.29. The molecule has 2 bridgehead atoms. The molecule has 1 saturated heterocycles. The Balaban J connectivity index is 0.00000196. The van der Waals surface area contributed by atoms with E-state index in [2.05, 4.69) is 32.1 Å². The van der Waals surface area contributed by atoms with E-state index in [-0.39, 0.29) is 24.0 Å². The van der Waals surface area contributed by atoms with Crippen molar-refractivity contribution in [2.45, 2.75) is 45.2 Å². The lowest BCUT2D eigenvalue weighted by atomic mass is 9.93. The van der Waals surface area contributed by atoms with E-state index in [1.54, 1.807) is 11.0 Å². The SMILES string of the molecule is CCNC(=NCc1ncnn1C)N1CCN(C2CC3CCC2C3)CC1.I. The number of rotatable bonds is 4. The molecule has 3 fully saturated rings. The lowest BCUT2D eigenvalue weighted by Crippen LogP contribution is -2.55. The van der Waals surface area contributed by atoms with Gasteiger partial charge >= 0.3 is 0 Å². The molecule has 0 amide bonds. The van der Waals surface area contributed by atoms with Gasteiger partial charge in [0.1, 0.15) is 18.7 Å². The van der Waals surface area contributed by atoms with Crippen molar-refractivity contribution in [3.8, 4) is 0 Å². The summed E-state index contributed by atoms with van der Waals surface area (Å²) in [7, 11) is 1.92. The second-order valence-electron chi connectivity index (χ2n) is 7.74. The molecule has 3 aliphatic rings. The number of halogens is 1. The summed E-state index contributed by atoms with van der Waals surface area (Å²) in [4.78, 5) is 14.2. The van der Waals surface area contributed by atoms with Crippen molar-refractivity contribution in [2.75, 3.05) is 32.7 Å². The minimum absolute atomic E-state index is 0. The van der Waals surface area contributed by atoms with Gasteiger partial charge in [-0.15, -0.1) is 24.0 Å². The lowest BCUT2D eigenvalue weighted by molar-refractivity contribution is 0.0958. The summed E-state index contributed by atoms with van der Waals surface area (Å²) >= 11 is 0. The summed E-state index contributed by atoms with van der Waals surface area (Å²) in [5.41, 5.74) is 0. The lowest BCUT2D eigenvalue weighted by Gasteiger charge is -2.42. The predicted octanol–water partition coefficient (Wildman–Crippen LogP) is 1.70. The van der Waals surface area contributed by atoms with E-state index in [1.165, 1.54) is 38.8 Å². The molecule has 0 spiro atoms. The van der Waals surface area contributed by atoms with Crippen LogP contribution in [-0.4, -0.2) is 69.3 Å². The number of guanidine groups is 1. The van der Waals surface area contributed by atoms with Gasteiger partial charge in [-0.3, -0.25) is 9.58 Å². The summed E-state index contributed by atoms with van der Waals surface area (Å²) in [5, 5.41) is 7.57. The van der Waals surface area contributed by atoms with Gasteiger partial charge in [-0.05, 0) is 38.0 Å². The molecule has 8 heteroatoms. The van der Waals surface area contributed by atoms with Crippen LogP contribution in [0, 0.1) is 11.8 Å². The molecule has 1 N–H and O–H groups in total. The molecular formula is C18H32IN7. The minimum Gasteiger partial charge on any atom is -0.357 e. The van der Waals surface area contributed by atoms with Gasteiger partial charge in [-0.25, -0.2) is 9.98 Å². The molecule has 2 aliphatic carbocycles. The molecule has 1 aliphatic heterocycles. The molecule has 2 saturated carbocycles. The average molecular weight is 473 g/mol. The van der Waals surface area contributed by atoms with Crippen molar-refractivity contribution in [3.05, 3.63) is 12.2 Å². The van der Waals surface area contributed by atoms with E-state index in [0.717, 1.165) is 49.3 Å². The number of aromatic nitrogens is 3. The monoisotopic (exact) mass is 473 g/mol. The van der Waals surface area contributed by atoms with Crippen LogP contribution in [0.15, 0.2) is 11.3 Å². The standard InChI is InChI=1S/C18H31N7.HI/c1-3-19-18(20-12-17-21-13-22-23(17)2)25-8-6-24(7-9-25)16-11-14-4-5-15(16)10-14;/h13-16H,3-12H2,1-2H3,(H,19,20);1H. The number of aryl methyl sites for hydroxylation is 1. The number of nitrogens with one attached hydrogen (secondary N) is 1. The molecule has 1 aromatic heterocycles. The molecule has 26 heavy (non-hydrogen) atoms. The van der Waals surface area contributed by atoms with Crippen LogP contribution < -0.4 is 5.32 Å². The first-order chi connectivity index (χ1) is 12.2. The number of aliphatic imine (C=N–C) groups is 1. The van der Waals surface area contributed by atoms with Crippen LogP contribution >= 0.6 is 24.0 Å². The largest absolute Gasteiger partial charge is 0.357 e. The fraction of sp³-hybridized carbons (Fsp3) is 0.833. The summed E-state index contributed by atoms with van der Waals surface area (Å²) in [6, 6.07) is 0.860. The van der Waals surface area contributed by atoms with Gasteiger partial charge in [0.2, 0.25) is 0 Å². The predicted molar refractivity (Wildman–Crippen MR) is 114 cm³/mol. The maximum Gasteiger partial charge on any atom is 0.194 e. The van der Waals surface area contributed by atoms with Gasteiger partial charge in [0.25, 0.3) is 0 Å². The topological polar surface area (TPSA) is 61.6 Å². The molecule has 2 heterocycles. The van der Waals surface area contributed by atoms with Gasteiger partial charge in [-0.1, -0.05) is 6.42 Å². The first-order valence-electron chi connectivity index (χ1n) is 9.84. The molecule has 7 nitrogen and oxygen atoms in total. The van der Waals surface area contributed by atoms with E-state index in [0.29, 0.717) is 6.54 Å². The smallest absolute Gasteiger partial charge is 0.194 e. The van der Waals surface area contributed by atoms with Crippen LogP contribution in [0.1, 0.15) is 38.4 Å². The highest BCUT2D eigenvalue weighted by Crippen LogP contribution is 2.46. The molecule has 1 aromatic rings. The fourth-order valence-corrected chi connectivity index (χ4v) is 4.96. The van der Waals surface area contributed by atoms with Crippen LogP contribution in [0.25, 0.3) is 0 Å². The highest BCUT2D eigenvalue weighted by Gasteiger charge is 2.42. The van der Waals surface area contributed by atoms with Crippen molar-refractivity contribution >= 4 is 29.9 Å². The molecule has 0 radical (unpaired) electrons. The quantitative estimate of drug-likeness (QED) is 0.410. The van der Waals surface area contributed by atoms with Gasteiger partial charge in [-0.2, -0.15) is 5.10 Å². The first-order valence-corrected chi connectivity index (χ1v) is 9.84. The Morgan fingerprint density at radius 1 is 1.23 bits per heavy atom. The van der Waals surface area contributed by atoms with E-state index >= 15 is 0 Å². The highest BCUT2D eigenvalue weighted by atomic mass is 127. The summed E-state index contributed by atoms with van der Waals surface area (Å²) in [6.07, 6.45) is 7.49. The second-order valence-corrected chi connectivity index (χ2v) is 7.74. The third-order valence-corrected chi connectivity index (χ3v) is 6.29. The molecule has 4 rings (SSSR count). The Bertz CT molecular complexity index is 608. The Kier molecular flexibility index (Phi) is 6.76. The van der Waals surface area contributed by atoms with Crippen LogP contribution in [0.5, 0.6) is 0 Å². The third kappa shape index (κ3) is 4.16. The molecule has 3 atom stereocenters. The maximum absolute atomic E-state index is 4.79. The van der Waals surface area contributed by atoms with Crippen molar-refractivity contribution in [3.63, 3.8) is 0 Å². The van der Waals surface area contributed by atoms with E-state index in [1.807, 2.05) is 7.05 Å². The number of piperazine rings is 1. The first kappa shape index (κ1) is 19.9. The second kappa shape index (κ2) is 8.86. The molecule has 3 unspecified atom stereocenters.